The fourth-order valence-corrected chi connectivity index (χ4v) is 2.66. The molecule has 2 aromatic rings. The average Bonchev–Trinajstić information content (AvgIpc) is 2.95. The standard InChI is InChI=1S/C16H19N3O2S/c1-11-4-5-12(9-14(11)19-15(20)6-7-17)18-16(21)10-13-3-2-8-22-13/h2-5,8-9H,6-7,10,17H2,1H3,(H,18,21)(H,19,20). The van der Waals surface area contributed by atoms with Crippen molar-refractivity contribution in [3.8, 4) is 0 Å². The number of aryl methyl sites for hydroxylation is 1. The Morgan fingerprint density at radius 3 is 2.68 bits per heavy atom. The highest BCUT2D eigenvalue weighted by Crippen LogP contribution is 2.21. The van der Waals surface area contributed by atoms with E-state index in [1.807, 2.05) is 36.6 Å². The molecule has 0 saturated carbocycles. The Balaban J connectivity index is 2.02. The van der Waals surface area contributed by atoms with Crippen LogP contribution in [0.1, 0.15) is 16.9 Å². The van der Waals surface area contributed by atoms with Gasteiger partial charge in [-0.2, -0.15) is 0 Å². The summed E-state index contributed by atoms with van der Waals surface area (Å²) in [6, 6.07) is 9.29. The summed E-state index contributed by atoms with van der Waals surface area (Å²) in [7, 11) is 0. The topological polar surface area (TPSA) is 84.2 Å². The molecule has 0 fully saturated rings. The third kappa shape index (κ3) is 4.68. The van der Waals surface area contributed by atoms with E-state index in [-0.39, 0.29) is 18.2 Å². The first-order valence-electron chi connectivity index (χ1n) is 7.01. The van der Waals surface area contributed by atoms with E-state index in [1.54, 1.807) is 17.4 Å². The maximum atomic E-state index is 12.0. The van der Waals surface area contributed by atoms with Crippen LogP contribution in [0, 0.1) is 6.92 Å². The quantitative estimate of drug-likeness (QED) is 0.765. The highest BCUT2D eigenvalue weighted by Gasteiger charge is 2.08. The van der Waals surface area contributed by atoms with Crippen molar-refractivity contribution in [2.45, 2.75) is 19.8 Å². The van der Waals surface area contributed by atoms with E-state index in [0.717, 1.165) is 10.4 Å². The predicted octanol–water partition coefficient (Wildman–Crippen LogP) is 2.53. The predicted molar refractivity (Wildman–Crippen MR) is 90.1 cm³/mol. The summed E-state index contributed by atoms with van der Waals surface area (Å²) in [5, 5.41) is 7.59. The van der Waals surface area contributed by atoms with Gasteiger partial charge in [0.05, 0.1) is 6.42 Å². The van der Waals surface area contributed by atoms with Crippen LogP contribution in [0.25, 0.3) is 0 Å². The summed E-state index contributed by atoms with van der Waals surface area (Å²) < 4.78 is 0. The van der Waals surface area contributed by atoms with Crippen LogP contribution in [0.4, 0.5) is 11.4 Å². The molecular formula is C16H19N3O2S. The van der Waals surface area contributed by atoms with Gasteiger partial charge in [0.25, 0.3) is 0 Å². The highest BCUT2D eigenvalue weighted by atomic mass is 32.1. The van der Waals surface area contributed by atoms with Gasteiger partial charge in [0.2, 0.25) is 11.8 Å². The molecule has 0 aliphatic carbocycles. The molecule has 6 heteroatoms. The lowest BCUT2D eigenvalue weighted by Crippen LogP contribution is -2.17. The van der Waals surface area contributed by atoms with Crippen LogP contribution in [0.5, 0.6) is 0 Å². The van der Waals surface area contributed by atoms with Gasteiger partial charge in [0.1, 0.15) is 0 Å². The molecule has 0 radical (unpaired) electrons. The Morgan fingerprint density at radius 2 is 2.00 bits per heavy atom. The summed E-state index contributed by atoms with van der Waals surface area (Å²) in [5.41, 5.74) is 7.65. The molecule has 0 aliphatic heterocycles. The Hall–Kier alpha value is -2.18. The lowest BCUT2D eigenvalue weighted by atomic mass is 10.1. The minimum Gasteiger partial charge on any atom is -0.330 e. The minimum absolute atomic E-state index is 0.0782. The third-order valence-electron chi connectivity index (χ3n) is 3.08. The second kappa shape index (κ2) is 7.72. The van der Waals surface area contributed by atoms with E-state index in [0.29, 0.717) is 24.3 Å². The largest absolute Gasteiger partial charge is 0.330 e. The van der Waals surface area contributed by atoms with E-state index < -0.39 is 0 Å². The SMILES string of the molecule is Cc1ccc(NC(=O)Cc2cccs2)cc1NC(=O)CCN. The Bertz CT molecular complexity index is 653. The first kappa shape index (κ1) is 16.2. The van der Waals surface area contributed by atoms with Gasteiger partial charge in [-0.3, -0.25) is 9.59 Å². The number of amides is 2. The molecular weight excluding hydrogens is 298 g/mol. The van der Waals surface area contributed by atoms with Gasteiger partial charge in [0.15, 0.2) is 0 Å². The van der Waals surface area contributed by atoms with Crippen LogP contribution in [-0.4, -0.2) is 18.4 Å². The van der Waals surface area contributed by atoms with Crippen molar-refractivity contribution in [3.63, 3.8) is 0 Å². The summed E-state index contributed by atoms with van der Waals surface area (Å²) in [6.45, 7) is 2.21. The minimum atomic E-state index is -0.132. The van der Waals surface area contributed by atoms with E-state index in [9.17, 15) is 9.59 Å². The molecule has 116 valence electrons. The number of anilines is 2. The van der Waals surface area contributed by atoms with E-state index in [1.165, 1.54) is 0 Å². The summed E-state index contributed by atoms with van der Waals surface area (Å²) in [6.07, 6.45) is 0.620. The van der Waals surface area contributed by atoms with Crippen molar-refractivity contribution in [1.29, 1.82) is 0 Å². The van der Waals surface area contributed by atoms with Gasteiger partial charge in [-0.25, -0.2) is 0 Å². The Morgan fingerprint density at radius 1 is 1.18 bits per heavy atom. The van der Waals surface area contributed by atoms with Gasteiger partial charge in [-0.05, 0) is 36.1 Å². The zero-order chi connectivity index (χ0) is 15.9. The van der Waals surface area contributed by atoms with Gasteiger partial charge < -0.3 is 16.4 Å². The number of hydrogen-bond donors (Lipinski definition) is 3. The third-order valence-corrected chi connectivity index (χ3v) is 3.96. The van der Waals surface area contributed by atoms with Gasteiger partial charge in [-0.15, -0.1) is 11.3 Å². The summed E-state index contributed by atoms with van der Waals surface area (Å²) >= 11 is 1.55. The number of nitrogens with two attached hydrogens (primary N) is 1. The molecule has 0 bridgehead atoms. The average molecular weight is 317 g/mol. The fraction of sp³-hybridized carbons (Fsp3) is 0.250. The molecule has 1 heterocycles. The molecule has 5 nitrogen and oxygen atoms in total. The van der Waals surface area contributed by atoms with Gasteiger partial charge in [0, 0.05) is 29.2 Å². The smallest absolute Gasteiger partial charge is 0.229 e. The molecule has 22 heavy (non-hydrogen) atoms. The van der Waals surface area contributed by atoms with Crippen LogP contribution in [0.2, 0.25) is 0 Å². The molecule has 2 amide bonds. The zero-order valence-electron chi connectivity index (χ0n) is 12.4. The molecule has 0 spiro atoms. The molecule has 1 aromatic carbocycles. The van der Waals surface area contributed by atoms with Crippen LogP contribution in [0.3, 0.4) is 0 Å². The second-order valence-corrected chi connectivity index (χ2v) is 5.95. The molecule has 0 atom stereocenters. The van der Waals surface area contributed by atoms with Crippen molar-refractivity contribution >= 4 is 34.5 Å². The normalized spacial score (nSPS) is 10.3. The number of thiophene rings is 1. The van der Waals surface area contributed by atoms with E-state index >= 15 is 0 Å². The number of hydrogen-bond acceptors (Lipinski definition) is 4. The Kier molecular flexibility index (Phi) is 5.68. The number of carbonyl (C=O) groups excluding carboxylic acids is 2. The second-order valence-electron chi connectivity index (χ2n) is 4.92. The molecule has 2 rings (SSSR count). The first-order valence-corrected chi connectivity index (χ1v) is 7.89. The number of nitrogens with one attached hydrogen (secondary N) is 2. The van der Waals surface area contributed by atoms with Crippen LogP contribution >= 0.6 is 11.3 Å². The lowest BCUT2D eigenvalue weighted by molar-refractivity contribution is -0.116. The number of carbonyl (C=O) groups is 2. The maximum Gasteiger partial charge on any atom is 0.229 e. The van der Waals surface area contributed by atoms with E-state index in [2.05, 4.69) is 10.6 Å². The lowest BCUT2D eigenvalue weighted by Gasteiger charge is -2.11. The van der Waals surface area contributed by atoms with Crippen molar-refractivity contribution in [2.75, 3.05) is 17.2 Å². The van der Waals surface area contributed by atoms with Crippen LogP contribution in [0.15, 0.2) is 35.7 Å². The van der Waals surface area contributed by atoms with Crippen molar-refractivity contribution in [3.05, 3.63) is 46.2 Å². The zero-order valence-corrected chi connectivity index (χ0v) is 13.2. The monoisotopic (exact) mass is 317 g/mol. The fourth-order valence-electron chi connectivity index (χ4n) is 1.95. The maximum absolute atomic E-state index is 12.0. The van der Waals surface area contributed by atoms with E-state index in [4.69, 9.17) is 5.73 Å². The molecule has 0 aliphatic rings. The number of rotatable bonds is 6. The van der Waals surface area contributed by atoms with Crippen molar-refractivity contribution in [1.82, 2.24) is 0 Å². The van der Waals surface area contributed by atoms with Crippen molar-refractivity contribution < 1.29 is 9.59 Å². The van der Waals surface area contributed by atoms with Crippen LogP contribution < -0.4 is 16.4 Å². The molecule has 0 unspecified atom stereocenters. The summed E-state index contributed by atoms with van der Waals surface area (Å²) in [4.78, 5) is 24.6. The van der Waals surface area contributed by atoms with Crippen molar-refractivity contribution in [2.24, 2.45) is 5.73 Å². The van der Waals surface area contributed by atoms with Crippen LogP contribution in [-0.2, 0) is 16.0 Å². The Labute approximate surface area is 133 Å². The number of benzene rings is 1. The molecule has 1 aromatic heterocycles. The summed E-state index contributed by atoms with van der Waals surface area (Å²) in [5.74, 6) is -0.210. The van der Waals surface area contributed by atoms with Gasteiger partial charge >= 0.3 is 0 Å². The first-order chi connectivity index (χ1) is 10.6. The highest BCUT2D eigenvalue weighted by molar-refractivity contribution is 7.10. The molecule has 0 saturated heterocycles. The molecule has 4 N–H and O–H groups in total. The van der Waals surface area contributed by atoms with Gasteiger partial charge in [-0.1, -0.05) is 12.1 Å².